The Morgan fingerprint density at radius 3 is 2.88 bits per heavy atom. The number of hydrogen-bond donors (Lipinski definition) is 0. The molecule has 0 aromatic heterocycles. The van der Waals surface area contributed by atoms with Crippen LogP contribution in [0.1, 0.15) is 17.9 Å². The molecule has 1 aromatic carbocycles. The highest BCUT2D eigenvalue weighted by molar-refractivity contribution is 5.65. The van der Waals surface area contributed by atoms with Crippen LogP contribution in [0.4, 0.5) is 0 Å². The molecule has 1 aromatic rings. The van der Waals surface area contributed by atoms with Gasteiger partial charge in [-0.15, -0.1) is 0 Å². The normalized spacial score (nSPS) is 31.8. The summed E-state index contributed by atoms with van der Waals surface area (Å²) in [5, 5.41) is 11.4. The molecule has 3 atom stereocenters. The number of hydrogen-bond acceptors (Lipinski definition) is 2. The summed E-state index contributed by atoms with van der Waals surface area (Å²) in [7, 11) is 0. The van der Waals surface area contributed by atoms with Gasteiger partial charge in [-0.1, -0.05) is 42.5 Å². The van der Waals surface area contributed by atoms with Gasteiger partial charge in [-0.3, -0.25) is 5.21 Å². The van der Waals surface area contributed by atoms with E-state index in [0.29, 0.717) is 10.8 Å². The zero-order valence-electron chi connectivity index (χ0n) is 8.82. The van der Waals surface area contributed by atoms with Crippen LogP contribution in [0, 0.1) is 11.1 Å². The Balaban J connectivity index is 1.97. The van der Waals surface area contributed by atoms with Gasteiger partial charge in [0.15, 0.2) is 0 Å². The van der Waals surface area contributed by atoms with Crippen molar-refractivity contribution in [2.24, 2.45) is 5.92 Å². The molecule has 0 saturated carbocycles. The lowest BCUT2D eigenvalue weighted by Crippen LogP contribution is -2.35. The smallest absolute Gasteiger partial charge is 0.217 e. The zero-order valence-corrected chi connectivity index (χ0v) is 8.82. The van der Waals surface area contributed by atoms with Crippen LogP contribution in [0.5, 0.6) is 0 Å². The van der Waals surface area contributed by atoms with E-state index >= 15 is 0 Å². The minimum atomic E-state index is -0.0623. The van der Waals surface area contributed by atoms with Crippen molar-refractivity contribution >= 4 is 6.21 Å². The second-order valence-electron chi connectivity index (χ2n) is 4.27. The van der Waals surface area contributed by atoms with Crippen molar-refractivity contribution in [2.45, 2.75) is 18.4 Å². The lowest BCUT2D eigenvalue weighted by molar-refractivity contribution is -0.754. The molecular weight excluding hydrogens is 202 g/mol. The number of allylic oxidation sites excluding steroid dienone is 1. The summed E-state index contributed by atoms with van der Waals surface area (Å²) in [4.78, 5) is 5.80. The third kappa shape index (κ3) is 1.48. The Bertz CT molecular complexity index is 439. The molecule has 0 bridgehead atoms. The van der Waals surface area contributed by atoms with Crippen molar-refractivity contribution in [1.29, 1.82) is 0 Å². The quantitative estimate of drug-likeness (QED) is 0.532. The van der Waals surface area contributed by atoms with E-state index in [-0.39, 0.29) is 12.0 Å². The molecule has 1 aliphatic carbocycles. The summed E-state index contributed by atoms with van der Waals surface area (Å²) in [6.07, 6.45) is 6.63. The molecule has 0 N–H and O–H groups in total. The molecule has 3 nitrogen and oxygen atoms in total. The van der Waals surface area contributed by atoms with Crippen molar-refractivity contribution in [1.82, 2.24) is 0 Å². The summed E-state index contributed by atoms with van der Waals surface area (Å²) < 4.78 is 0. The van der Waals surface area contributed by atoms with Gasteiger partial charge < -0.3 is 4.84 Å². The van der Waals surface area contributed by atoms with E-state index in [2.05, 4.69) is 18.2 Å². The molecule has 2 aliphatic rings. The first-order valence-corrected chi connectivity index (χ1v) is 5.54. The maximum absolute atomic E-state index is 11.4. The highest BCUT2D eigenvalue weighted by Crippen LogP contribution is 2.36. The van der Waals surface area contributed by atoms with Gasteiger partial charge in [-0.2, -0.15) is 0 Å². The standard InChI is InChI=1S/C13H13NO2/c15-14-9-12(10-5-2-1-3-6-10)11-7-4-8-13(11)16-14/h1-6,8-9,11-13H,7H2/t11-,12-,13-/m0/s1. The molecule has 3 rings (SSSR count). The maximum Gasteiger partial charge on any atom is 0.217 e. The highest BCUT2D eigenvalue weighted by atomic mass is 16.9. The van der Waals surface area contributed by atoms with E-state index in [1.54, 1.807) is 6.21 Å². The van der Waals surface area contributed by atoms with Crippen LogP contribution in [-0.4, -0.2) is 17.2 Å². The number of fused-ring (bicyclic) bond motifs is 1. The lowest BCUT2D eigenvalue weighted by Gasteiger charge is -2.30. The molecular formula is C13H13NO2. The van der Waals surface area contributed by atoms with Gasteiger partial charge in [0.25, 0.3) is 0 Å². The molecule has 82 valence electrons. The first kappa shape index (κ1) is 9.46. The summed E-state index contributed by atoms with van der Waals surface area (Å²) in [6.45, 7) is 0. The summed E-state index contributed by atoms with van der Waals surface area (Å²) >= 11 is 0. The van der Waals surface area contributed by atoms with Gasteiger partial charge in [0.1, 0.15) is 0 Å². The molecule has 0 fully saturated rings. The molecule has 16 heavy (non-hydrogen) atoms. The molecule has 0 unspecified atom stereocenters. The predicted octanol–water partition coefficient (Wildman–Crippen LogP) is 2.24. The summed E-state index contributed by atoms with van der Waals surface area (Å²) in [5.41, 5.74) is 1.19. The van der Waals surface area contributed by atoms with Crippen LogP contribution in [0.2, 0.25) is 0 Å². The van der Waals surface area contributed by atoms with Gasteiger partial charge in [0, 0.05) is 4.90 Å². The molecule has 0 radical (unpaired) electrons. The van der Waals surface area contributed by atoms with E-state index in [1.807, 2.05) is 24.3 Å². The molecule has 0 saturated heterocycles. The third-order valence-corrected chi connectivity index (χ3v) is 3.31. The van der Waals surface area contributed by atoms with Gasteiger partial charge >= 0.3 is 0 Å². The second kappa shape index (κ2) is 3.67. The van der Waals surface area contributed by atoms with Crippen molar-refractivity contribution in [2.75, 3.05) is 0 Å². The first-order valence-electron chi connectivity index (χ1n) is 5.54. The third-order valence-electron chi connectivity index (χ3n) is 3.31. The summed E-state index contributed by atoms with van der Waals surface area (Å²) in [5.74, 6) is 0.528. The van der Waals surface area contributed by atoms with E-state index in [1.165, 1.54) is 5.56 Å². The minimum absolute atomic E-state index is 0.0623. The van der Waals surface area contributed by atoms with Crippen LogP contribution >= 0.6 is 0 Å². The van der Waals surface area contributed by atoms with Crippen LogP contribution < -0.4 is 0 Å². The van der Waals surface area contributed by atoms with Crippen molar-refractivity contribution in [3.63, 3.8) is 0 Å². The Kier molecular flexibility index (Phi) is 2.17. The summed E-state index contributed by atoms with van der Waals surface area (Å²) in [6, 6.07) is 10.1. The van der Waals surface area contributed by atoms with Crippen LogP contribution in [0.3, 0.4) is 0 Å². The average Bonchev–Trinajstić information content (AvgIpc) is 2.77. The van der Waals surface area contributed by atoms with E-state index in [9.17, 15) is 5.21 Å². The first-order chi connectivity index (χ1) is 7.84. The topological polar surface area (TPSA) is 35.3 Å². The highest BCUT2D eigenvalue weighted by Gasteiger charge is 2.36. The molecule has 0 spiro atoms. The van der Waals surface area contributed by atoms with E-state index in [0.717, 1.165) is 6.42 Å². The average molecular weight is 215 g/mol. The predicted molar refractivity (Wildman–Crippen MR) is 61.0 cm³/mol. The minimum Gasteiger partial charge on any atom is -0.396 e. The SMILES string of the molecule is [O-][N+]1=C[C@@H](c2ccccc2)[C@@H]2CC=C[C@@H]2O1. The van der Waals surface area contributed by atoms with E-state index in [4.69, 9.17) is 4.84 Å². The fraction of sp³-hybridized carbons (Fsp3) is 0.308. The lowest BCUT2D eigenvalue weighted by atomic mass is 9.83. The maximum atomic E-state index is 11.4. The van der Waals surface area contributed by atoms with Gasteiger partial charge in [0.2, 0.25) is 6.21 Å². The Morgan fingerprint density at radius 2 is 2.06 bits per heavy atom. The van der Waals surface area contributed by atoms with Crippen LogP contribution in [-0.2, 0) is 4.84 Å². The molecule has 1 heterocycles. The Labute approximate surface area is 94.2 Å². The van der Waals surface area contributed by atoms with Crippen molar-refractivity contribution < 1.29 is 9.74 Å². The van der Waals surface area contributed by atoms with Crippen molar-refractivity contribution in [3.8, 4) is 0 Å². The molecule has 1 aliphatic heterocycles. The largest absolute Gasteiger partial charge is 0.396 e. The van der Waals surface area contributed by atoms with Gasteiger partial charge in [0.05, 0.1) is 12.0 Å². The Hall–Kier alpha value is -1.77. The van der Waals surface area contributed by atoms with Gasteiger partial charge in [-0.05, 0) is 17.9 Å². The second-order valence-corrected chi connectivity index (χ2v) is 4.27. The van der Waals surface area contributed by atoms with Crippen LogP contribution in [0.15, 0.2) is 42.5 Å². The number of rotatable bonds is 1. The zero-order chi connectivity index (χ0) is 11.0. The van der Waals surface area contributed by atoms with Gasteiger partial charge in [-0.25, -0.2) is 0 Å². The fourth-order valence-electron chi connectivity index (χ4n) is 2.52. The van der Waals surface area contributed by atoms with Crippen LogP contribution in [0.25, 0.3) is 0 Å². The monoisotopic (exact) mass is 215 g/mol. The fourth-order valence-corrected chi connectivity index (χ4v) is 2.52. The number of benzene rings is 1. The van der Waals surface area contributed by atoms with Crippen molar-refractivity contribution in [3.05, 3.63) is 53.3 Å². The molecule has 3 heteroatoms. The Morgan fingerprint density at radius 1 is 1.25 bits per heavy atom. The molecule has 0 amide bonds. The number of nitrogens with zero attached hydrogens (tertiary/aromatic N) is 1. The van der Waals surface area contributed by atoms with E-state index < -0.39 is 0 Å².